The van der Waals surface area contributed by atoms with Gasteiger partial charge in [0.1, 0.15) is 5.65 Å². The number of hydrogen-bond donors (Lipinski definition) is 2. The van der Waals surface area contributed by atoms with Crippen LogP contribution >= 0.6 is 0 Å². The molecule has 2 N–H and O–H groups in total. The summed E-state index contributed by atoms with van der Waals surface area (Å²) in [5.41, 5.74) is 0.0142. The molecule has 3 heterocycles. The van der Waals surface area contributed by atoms with Crippen molar-refractivity contribution < 1.29 is 14.7 Å². The first-order valence-corrected chi connectivity index (χ1v) is 11.3. The molecule has 0 bridgehead atoms. The van der Waals surface area contributed by atoms with Gasteiger partial charge >= 0.3 is 0 Å². The molecule has 2 aromatic heterocycles. The summed E-state index contributed by atoms with van der Waals surface area (Å²) in [5.74, 6) is -1.06. The van der Waals surface area contributed by atoms with Crippen molar-refractivity contribution in [2.24, 2.45) is 5.92 Å². The van der Waals surface area contributed by atoms with Gasteiger partial charge < -0.3 is 15.3 Å². The van der Waals surface area contributed by atoms with Crippen LogP contribution in [-0.4, -0.2) is 54.1 Å². The third-order valence-electron chi connectivity index (χ3n) is 6.21. The normalized spacial score (nSPS) is 21.2. The highest BCUT2D eigenvalue weighted by Crippen LogP contribution is 2.25. The van der Waals surface area contributed by atoms with Gasteiger partial charge in [0, 0.05) is 36.3 Å². The van der Waals surface area contributed by atoms with Crippen LogP contribution in [-0.2, 0) is 11.3 Å². The number of aromatic nitrogens is 3. The number of rotatable bonds is 6. The summed E-state index contributed by atoms with van der Waals surface area (Å²) in [4.78, 5) is 40.6. The number of fused-ring (bicyclic) bond motifs is 1. The van der Waals surface area contributed by atoms with Crippen LogP contribution in [0.2, 0.25) is 0 Å². The number of hydrogen-bond acceptors (Lipinski definition) is 5. The van der Waals surface area contributed by atoms with E-state index in [0.717, 1.165) is 25.7 Å². The first-order valence-electron chi connectivity index (χ1n) is 11.3. The average molecular weight is 442 g/mol. The summed E-state index contributed by atoms with van der Waals surface area (Å²) in [6.45, 7) is 8.35. The molecule has 0 radical (unpaired) electrons. The lowest BCUT2D eigenvalue weighted by molar-refractivity contribution is -0.128. The molecular formula is C23H31N5O4. The number of carbonyl (C=O) groups is 2. The van der Waals surface area contributed by atoms with Crippen LogP contribution in [0.1, 0.15) is 69.3 Å². The molecule has 2 aliphatic rings. The van der Waals surface area contributed by atoms with Gasteiger partial charge in [0.05, 0.1) is 6.20 Å². The molecule has 1 aliphatic carbocycles. The molecule has 172 valence electrons. The first-order chi connectivity index (χ1) is 15.2. The maximum absolute atomic E-state index is 13.3. The third-order valence-corrected chi connectivity index (χ3v) is 6.21. The van der Waals surface area contributed by atoms with E-state index in [1.54, 1.807) is 6.08 Å². The fourth-order valence-electron chi connectivity index (χ4n) is 4.43. The predicted molar refractivity (Wildman–Crippen MR) is 120 cm³/mol. The highest BCUT2D eigenvalue weighted by Gasteiger charge is 2.31. The lowest BCUT2D eigenvalue weighted by atomic mass is 10.2. The second kappa shape index (κ2) is 8.44. The first kappa shape index (κ1) is 22.1. The summed E-state index contributed by atoms with van der Waals surface area (Å²) in [6.07, 6.45) is 8.30. The Kier molecular flexibility index (Phi) is 5.83. The fraction of sp³-hybridized carbons (Fsp3) is 0.565. The summed E-state index contributed by atoms with van der Waals surface area (Å²) >= 11 is 0. The molecule has 2 amide bonds. The summed E-state index contributed by atoms with van der Waals surface area (Å²) in [5, 5.41) is 17.7. The van der Waals surface area contributed by atoms with Crippen molar-refractivity contribution in [3.63, 3.8) is 0 Å². The van der Waals surface area contributed by atoms with E-state index in [1.807, 2.05) is 32.6 Å². The molecule has 9 nitrogen and oxygen atoms in total. The van der Waals surface area contributed by atoms with Crippen molar-refractivity contribution in [1.82, 2.24) is 24.4 Å². The lowest BCUT2D eigenvalue weighted by Gasteiger charge is -2.24. The monoisotopic (exact) mass is 441 g/mol. The van der Waals surface area contributed by atoms with Crippen LogP contribution in [0.25, 0.3) is 11.7 Å². The average Bonchev–Trinajstić information content (AvgIpc) is 3.32. The van der Waals surface area contributed by atoms with Gasteiger partial charge in [-0.25, -0.2) is 0 Å². The van der Waals surface area contributed by atoms with Crippen molar-refractivity contribution in [1.29, 1.82) is 0 Å². The number of amides is 2. The Balaban J connectivity index is 1.77. The lowest BCUT2D eigenvalue weighted by Crippen LogP contribution is -2.37. The summed E-state index contributed by atoms with van der Waals surface area (Å²) < 4.78 is 2.67. The van der Waals surface area contributed by atoms with Crippen molar-refractivity contribution in [3.05, 3.63) is 33.8 Å². The number of nitrogens with zero attached hydrogens (tertiary/aromatic N) is 4. The Hall–Kier alpha value is -3.10. The minimum absolute atomic E-state index is 0.0491. The van der Waals surface area contributed by atoms with Crippen LogP contribution in [0, 0.1) is 5.92 Å². The van der Waals surface area contributed by atoms with Gasteiger partial charge in [-0.05, 0) is 51.5 Å². The van der Waals surface area contributed by atoms with Crippen molar-refractivity contribution in [3.8, 4) is 5.88 Å². The fourth-order valence-corrected chi connectivity index (χ4v) is 4.43. The van der Waals surface area contributed by atoms with Gasteiger partial charge in [-0.2, -0.15) is 9.61 Å². The van der Waals surface area contributed by atoms with E-state index in [9.17, 15) is 19.5 Å². The van der Waals surface area contributed by atoms with E-state index in [-0.39, 0.29) is 35.5 Å². The summed E-state index contributed by atoms with van der Waals surface area (Å²) in [7, 11) is 0. The molecule has 4 rings (SSSR count). The highest BCUT2D eigenvalue weighted by atomic mass is 16.3. The third kappa shape index (κ3) is 4.03. The molecule has 32 heavy (non-hydrogen) atoms. The standard InChI is InChI=1S/C23H31N5O4/c1-13(2)12-26-21-16(7-10-18(29)27-14(3)5-6-15(27)4)11-24-28(21)23(32)19(22(26)31)20(30)25-17-8-9-17/h7,10-11,13-15,17,32H,5-6,8-9,12H2,1-4H3,(H,25,30)/b10-7+/t14-,15+. The number of aromatic hydroxyl groups is 1. The Morgan fingerprint density at radius 1 is 1.22 bits per heavy atom. The van der Waals surface area contributed by atoms with Crippen molar-refractivity contribution in [2.75, 3.05) is 0 Å². The van der Waals surface area contributed by atoms with Crippen LogP contribution in [0.5, 0.6) is 5.88 Å². The van der Waals surface area contributed by atoms with E-state index in [1.165, 1.54) is 21.4 Å². The van der Waals surface area contributed by atoms with Gasteiger partial charge in [-0.3, -0.25) is 19.0 Å². The molecule has 0 aromatic carbocycles. The quantitative estimate of drug-likeness (QED) is 0.668. The van der Waals surface area contributed by atoms with Crippen molar-refractivity contribution >= 4 is 23.5 Å². The van der Waals surface area contributed by atoms with Gasteiger partial charge in [-0.1, -0.05) is 13.8 Å². The second-order valence-electron chi connectivity index (χ2n) is 9.45. The highest BCUT2D eigenvalue weighted by molar-refractivity contribution is 5.97. The molecule has 1 aliphatic heterocycles. The van der Waals surface area contributed by atoms with Crippen LogP contribution in [0.4, 0.5) is 0 Å². The van der Waals surface area contributed by atoms with Crippen LogP contribution in [0.3, 0.4) is 0 Å². The Morgan fingerprint density at radius 2 is 1.88 bits per heavy atom. The van der Waals surface area contributed by atoms with Gasteiger partial charge in [-0.15, -0.1) is 0 Å². The van der Waals surface area contributed by atoms with E-state index >= 15 is 0 Å². The van der Waals surface area contributed by atoms with Gasteiger partial charge in [0.25, 0.3) is 11.5 Å². The van der Waals surface area contributed by atoms with E-state index in [0.29, 0.717) is 17.8 Å². The molecule has 0 spiro atoms. The van der Waals surface area contributed by atoms with Gasteiger partial charge in [0.2, 0.25) is 11.8 Å². The molecule has 2 fully saturated rings. The number of carbonyl (C=O) groups excluding carboxylic acids is 2. The number of nitrogens with one attached hydrogen (secondary N) is 1. The van der Waals surface area contributed by atoms with E-state index in [4.69, 9.17) is 0 Å². The van der Waals surface area contributed by atoms with Crippen LogP contribution in [0.15, 0.2) is 17.1 Å². The minimum Gasteiger partial charge on any atom is -0.492 e. The SMILES string of the molecule is CC(C)Cn1c(=O)c(C(=O)NC2CC2)c(O)n2ncc(/C=C/C(=O)N3[C@H](C)CC[C@@H]3C)c12. The zero-order valence-corrected chi connectivity index (χ0v) is 19.0. The Labute approximate surface area is 186 Å². The number of likely N-dealkylation sites (tertiary alicyclic amines) is 1. The van der Waals surface area contributed by atoms with Gasteiger partial charge in [0.15, 0.2) is 5.56 Å². The Bertz CT molecular complexity index is 1130. The largest absolute Gasteiger partial charge is 0.492 e. The molecular weight excluding hydrogens is 410 g/mol. The Morgan fingerprint density at radius 3 is 2.47 bits per heavy atom. The molecule has 0 unspecified atom stereocenters. The minimum atomic E-state index is -0.589. The van der Waals surface area contributed by atoms with Crippen LogP contribution < -0.4 is 10.9 Å². The zero-order valence-electron chi connectivity index (χ0n) is 19.0. The predicted octanol–water partition coefficient (Wildman–Crippen LogP) is 2.16. The zero-order chi connectivity index (χ0) is 23.2. The maximum atomic E-state index is 13.3. The molecule has 1 saturated heterocycles. The maximum Gasteiger partial charge on any atom is 0.270 e. The smallest absolute Gasteiger partial charge is 0.270 e. The summed E-state index contributed by atoms with van der Waals surface area (Å²) in [6, 6.07) is 0.413. The van der Waals surface area contributed by atoms with E-state index < -0.39 is 17.3 Å². The molecule has 2 aromatic rings. The molecule has 1 saturated carbocycles. The second-order valence-corrected chi connectivity index (χ2v) is 9.45. The molecule has 9 heteroatoms. The molecule has 2 atom stereocenters. The van der Waals surface area contributed by atoms with Crippen molar-refractivity contribution in [2.45, 2.75) is 78.0 Å². The topological polar surface area (TPSA) is 109 Å². The van der Waals surface area contributed by atoms with E-state index in [2.05, 4.69) is 10.4 Å².